The number of carbonyl (C=O) groups excluding carboxylic acids is 1. The Labute approximate surface area is 162 Å². The number of anilines is 1. The number of ether oxygens (including phenoxy) is 1. The molecule has 148 valence electrons. The Hall–Kier alpha value is -2.11. The second-order valence-electron chi connectivity index (χ2n) is 8.64. The van der Waals surface area contributed by atoms with Crippen LogP contribution in [0, 0.1) is 12.8 Å². The Morgan fingerprint density at radius 2 is 1.96 bits per heavy atom. The molecule has 3 rings (SSSR count). The second-order valence-corrected chi connectivity index (χ2v) is 8.64. The zero-order valence-corrected chi connectivity index (χ0v) is 17.5. The van der Waals surface area contributed by atoms with Gasteiger partial charge in [-0.1, -0.05) is 6.08 Å². The summed E-state index contributed by atoms with van der Waals surface area (Å²) in [6, 6.07) is 0.0618. The van der Waals surface area contributed by atoms with E-state index in [1.165, 1.54) is 24.0 Å². The molecule has 0 N–H and O–H groups in total. The highest BCUT2D eigenvalue weighted by Crippen LogP contribution is 2.45. The number of hydrogen-bond donors (Lipinski definition) is 0. The molecule has 1 amide bonds. The number of nitrogens with zero attached hydrogens (tertiary/aromatic N) is 4. The number of rotatable bonds is 3. The summed E-state index contributed by atoms with van der Waals surface area (Å²) in [6.07, 6.45) is 6.12. The molecular weight excluding hydrogens is 340 g/mol. The normalized spacial score (nSPS) is 21.4. The fourth-order valence-electron chi connectivity index (χ4n) is 3.76. The van der Waals surface area contributed by atoms with Gasteiger partial charge in [-0.15, -0.1) is 0 Å². The quantitative estimate of drug-likeness (QED) is 0.801. The minimum absolute atomic E-state index is 0.0618. The molecule has 1 saturated heterocycles. The lowest BCUT2D eigenvalue weighted by Gasteiger charge is -2.41. The number of piperazine rings is 1. The van der Waals surface area contributed by atoms with E-state index in [1.807, 2.05) is 25.7 Å². The van der Waals surface area contributed by atoms with E-state index in [9.17, 15) is 4.79 Å². The number of carbonyl (C=O) groups is 1. The topological polar surface area (TPSA) is 58.6 Å². The van der Waals surface area contributed by atoms with Crippen molar-refractivity contribution in [2.45, 2.75) is 66.0 Å². The molecule has 2 fully saturated rings. The summed E-state index contributed by atoms with van der Waals surface area (Å²) in [5, 5.41) is 0. The van der Waals surface area contributed by atoms with Gasteiger partial charge in [0.2, 0.25) is 0 Å². The Morgan fingerprint density at radius 3 is 2.52 bits per heavy atom. The van der Waals surface area contributed by atoms with Crippen LogP contribution in [0.2, 0.25) is 0 Å². The Balaban J connectivity index is 1.80. The summed E-state index contributed by atoms with van der Waals surface area (Å²) in [5.41, 5.74) is 3.10. The number of aromatic nitrogens is 2. The highest BCUT2D eigenvalue weighted by molar-refractivity contribution is 5.79. The molecule has 6 heteroatoms. The van der Waals surface area contributed by atoms with Gasteiger partial charge in [-0.2, -0.15) is 0 Å². The van der Waals surface area contributed by atoms with Crippen molar-refractivity contribution >= 4 is 17.5 Å². The van der Waals surface area contributed by atoms with Crippen molar-refractivity contribution in [2.75, 3.05) is 24.5 Å². The van der Waals surface area contributed by atoms with Gasteiger partial charge in [0, 0.05) is 31.2 Å². The monoisotopic (exact) mass is 372 g/mol. The predicted molar refractivity (Wildman–Crippen MR) is 108 cm³/mol. The predicted octanol–water partition coefficient (Wildman–Crippen LogP) is 4.04. The number of aryl methyl sites for hydroxylation is 1. The molecule has 1 unspecified atom stereocenters. The van der Waals surface area contributed by atoms with Gasteiger partial charge in [-0.25, -0.2) is 14.8 Å². The van der Waals surface area contributed by atoms with Crippen LogP contribution in [-0.2, 0) is 4.74 Å². The fourth-order valence-corrected chi connectivity index (χ4v) is 3.76. The molecule has 1 aromatic rings. The average Bonchev–Trinajstić information content (AvgIpc) is 3.40. The van der Waals surface area contributed by atoms with Gasteiger partial charge < -0.3 is 14.5 Å². The maximum absolute atomic E-state index is 12.5. The summed E-state index contributed by atoms with van der Waals surface area (Å²) in [6.45, 7) is 14.1. The van der Waals surface area contributed by atoms with Crippen molar-refractivity contribution in [1.29, 1.82) is 0 Å². The van der Waals surface area contributed by atoms with E-state index in [0.717, 1.165) is 24.6 Å². The van der Waals surface area contributed by atoms with E-state index < -0.39 is 5.60 Å². The van der Waals surface area contributed by atoms with Crippen LogP contribution in [0.25, 0.3) is 5.57 Å². The highest BCUT2D eigenvalue weighted by atomic mass is 16.6. The fraction of sp³-hybridized carbons (Fsp3) is 0.667. The zero-order valence-electron chi connectivity index (χ0n) is 17.5. The lowest BCUT2D eigenvalue weighted by atomic mass is 9.99. The smallest absolute Gasteiger partial charge is 0.410 e. The lowest BCUT2D eigenvalue weighted by molar-refractivity contribution is 0.0158. The summed E-state index contributed by atoms with van der Waals surface area (Å²) >= 11 is 0. The van der Waals surface area contributed by atoms with Gasteiger partial charge >= 0.3 is 6.09 Å². The maximum Gasteiger partial charge on any atom is 0.410 e. The Bertz CT molecular complexity index is 734. The third kappa shape index (κ3) is 4.42. The molecule has 27 heavy (non-hydrogen) atoms. The van der Waals surface area contributed by atoms with E-state index in [4.69, 9.17) is 4.74 Å². The zero-order chi connectivity index (χ0) is 19.8. The number of hydrogen-bond acceptors (Lipinski definition) is 5. The molecule has 1 atom stereocenters. The molecule has 2 aliphatic rings. The highest BCUT2D eigenvalue weighted by Gasteiger charge is 2.34. The van der Waals surface area contributed by atoms with Crippen molar-refractivity contribution in [1.82, 2.24) is 14.9 Å². The molecule has 6 nitrogen and oxygen atoms in total. The SMILES string of the molecule is C/C=C(\c1c(C)ncnc1N1CCN(C(=O)OC(C)(C)C)C(C)C1)C1CC1. The Morgan fingerprint density at radius 1 is 1.26 bits per heavy atom. The van der Waals surface area contributed by atoms with E-state index in [2.05, 4.69) is 41.7 Å². The molecule has 1 aliphatic heterocycles. The van der Waals surface area contributed by atoms with Crippen LogP contribution >= 0.6 is 0 Å². The summed E-state index contributed by atoms with van der Waals surface area (Å²) in [4.78, 5) is 25.7. The largest absolute Gasteiger partial charge is 0.444 e. The van der Waals surface area contributed by atoms with Gasteiger partial charge in [-0.05, 0) is 65.9 Å². The van der Waals surface area contributed by atoms with Gasteiger partial charge in [-0.3, -0.25) is 0 Å². The minimum atomic E-state index is -0.476. The van der Waals surface area contributed by atoms with Crippen LogP contribution in [0.15, 0.2) is 12.4 Å². The molecule has 2 heterocycles. The first-order valence-corrected chi connectivity index (χ1v) is 9.94. The third-order valence-corrected chi connectivity index (χ3v) is 5.19. The summed E-state index contributed by atoms with van der Waals surface area (Å²) in [7, 11) is 0. The van der Waals surface area contributed by atoms with Gasteiger partial charge in [0.1, 0.15) is 17.7 Å². The van der Waals surface area contributed by atoms with E-state index >= 15 is 0 Å². The summed E-state index contributed by atoms with van der Waals surface area (Å²) in [5.74, 6) is 1.64. The van der Waals surface area contributed by atoms with Gasteiger partial charge in [0.25, 0.3) is 0 Å². The molecular formula is C21H32N4O2. The number of allylic oxidation sites excluding steroid dienone is 2. The van der Waals surface area contributed by atoms with Crippen molar-refractivity contribution in [3.05, 3.63) is 23.7 Å². The van der Waals surface area contributed by atoms with Crippen LogP contribution in [0.5, 0.6) is 0 Å². The number of amides is 1. The lowest BCUT2D eigenvalue weighted by Crippen LogP contribution is -2.55. The first-order valence-electron chi connectivity index (χ1n) is 9.94. The van der Waals surface area contributed by atoms with Crippen molar-refractivity contribution in [3.63, 3.8) is 0 Å². The van der Waals surface area contributed by atoms with E-state index in [0.29, 0.717) is 12.5 Å². The van der Waals surface area contributed by atoms with Gasteiger partial charge in [0.15, 0.2) is 0 Å². The van der Waals surface area contributed by atoms with Crippen molar-refractivity contribution in [3.8, 4) is 0 Å². The maximum atomic E-state index is 12.5. The second kappa shape index (κ2) is 7.49. The Kier molecular flexibility index (Phi) is 5.45. The van der Waals surface area contributed by atoms with Crippen LogP contribution < -0.4 is 4.90 Å². The molecule has 0 spiro atoms. The van der Waals surface area contributed by atoms with E-state index in [-0.39, 0.29) is 12.1 Å². The van der Waals surface area contributed by atoms with Crippen molar-refractivity contribution in [2.24, 2.45) is 5.92 Å². The van der Waals surface area contributed by atoms with Crippen LogP contribution in [0.3, 0.4) is 0 Å². The molecule has 1 aromatic heterocycles. The van der Waals surface area contributed by atoms with E-state index in [1.54, 1.807) is 6.33 Å². The van der Waals surface area contributed by atoms with Crippen LogP contribution in [0.4, 0.5) is 10.6 Å². The first kappa shape index (κ1) is 19.6. The molecule has 0 radical (unpaired) electrons. The van der Waals surface area contributed by atoms with Crippen molar-refractivity contribution < 1.29 is 9.53 Å². The molecule has 1 aliphatic carbocycles. The standard InChI is InChI=1S/C21H32N4O2/c1-7-17(16-8-9-16)18-15(3)22-13-23-19(18)24-10-11-25(14(2)12-24)20(26)27-21(4,5)6/h7,13-14,16H,8-12H2,1-6H3/b17-7-. The summed E-state index contributed by atoms with van der Waals surface area (Å²) < 4.78 is 5.56. The molecule has 0 bridgehead atoms. The van der Waals surface area contributed by atoms with Crippen LogP contribution in [-0.4, -0.2) is 52.2 Å². The molecule has 0 aromatic carbocycles. The van der Waals surface area contributed by atoms with Gasteiger partial charge in [0.05, 0.1) is 5.69 Å². The third-order valence-electron chi connectivity index (χ3n) is 5.19. The van der Waals surface area contributed by atoms with Crippen LogP contribution in [0.1, 0.15) is 58.7 Å². The average molecular weight is 373 g/mol. The first-order chi connectivity index (χ1) is 12.7. The minimum Gasteiger partial charge on any atom is -0.444 e. The molecule has 1 saturated carbocycles.